The van der Waals surface area contributed by atoms with Gasteiger partial charge in [-0.2, -0.15) is 0 Å². The zero-order chi connectivity index (χ0) is 10.8. The Morgan fingerprint density at radius 1 is 1.27 bits per heavy atom. The summed E-state index contributed by atoms with van der Waals surface area (Å²) in [7, 11) is 0. The monoisotopic (exact) mass is 206 g/mol. The van der Waals surface area contributed by atoms with Gasteiger partial charge in [0.15, 0.2) is 0 Å². The van der Waals surface area contributed by atoms with Crippen LogP contribution in [0.5, 0.6) is 0 Å². The van der Waals surface area contributed by atoms with Gasteiger partial charge in [0, 0.05) is 0 Å². The van der Waals surface area contributed by atoms with E-state index in [4.69, 9.17) is 0 Å². The highest BCUT2D eigenvalue weighted by Gasteiger charge is 2.64. The summed E-state index contributed by atoms with van der Waals surface area (Å²) in [5.41, 5.74) is 1.93. The molecule has 0 aromatic carbocycles. The molecule has 15 heavy (non-hydrogen) atoms. The summed E-state index contributed by atoms with van der Waals surface area (Å²) in [6, 6.07) is 0. The smallest absolute Gasteiger partial charge is 0.0577 e. The standard InChI is InChI=1S/C14H22O/c1-8-4-6-10-13(14(10,2)3)12-9(8)5-7-11(12)15/h9-13,15H,1,4-7H2,2-3H3/t9-,10+,11-,12-,13+/m0/s1. The summed E-state index contributed by atoms with van der Waals surface area (Å²) < 4.78 is 0. The lowest BCUT2D eigenvalue weighted by Crippen LogP contribution is -2.23. The minimum absolute atomic E-state index is 0.0425. The number of aliphatic hydroxyl groups is 1. The van der Waals surface area contributed by atoms with Gasteiger partial charge in [0.1, 0.15) is 0 Å². The van der Waals surface area contributed by atoms with Gasteiger partial charge in [-0.15, -0.1) is 0 Å². The Kier molecular flexibility index (Phi) is 1.90. The van der Waals surface area contributed by atoms with E-state index in [-0.39, 0.29) is 6.10 Å². The molecule has 0 aliphatic heterocycles. The van der Waals surface area contributed by atoms with Gasteiger partial charge in [0.2, 0.25) is 0 Å². The van der Waals surface area contributed by atoms with Gasteiger partial charge in [-0.25, -0.2) is 0 Å². The summed E-state index contributed by atoms with van der Waals surface area (Å²) in [5.74, 6) is 2.81. The molecule has 3 aliphatic rings. The molecular weight excluding hydrogens is 184 g/mol. The topological polar surface area (TPSA) is 20.2 Å². The third-order valence-electron chi connectivity index (χ3n) is 5.54. The maximum Gasteiger partial charge on any atom is 0.0577 e. The van der Waals surface area contributed by atoms with Crippen LogP contribution >= 0.6 is 0 Å². The first kappa shape index (κ1) is 9.89. The SMILES string of the molecule is C=C1CC[C@@H]2[C@H]([C@@H]3[C@@H](O)CC[C@@H]13)C2(C)C. The second-order valence-electron chi connectivity index (χ2n) is 6.48. The Morgan fingerprint density at radius 3 is 2.73 bits per heavy atom. The molecule has 0 aromatic rings. The van der Waals surface area contributed by atoms with Crippen LogP contribution in [0.15, 0.2) is 12.2 Å². The van der Waals surface area contributed by atoms with Crippen molar-refractivity contribution in [1.29, 1.82) is 0 Å². The van der Waals surface area contributed by atoms with Crippen molar-refractivity contribution in [2.75, 3.05) is 0 Å². The van der Waals surface area contributed by atoms with E-state index in [1.165, 1.54) is 24.8 Å². The van der Waals surface area contributed by atoms with E-state index in [9.17, 15) is 5.11 Å². The van der Waals surface area contributed by atoms with E-state index < -0.39 is 0 Å². The number of fused-ring (bicyclic) bond motifs is 3. The van der Waals surface area contributed by atoms with Crippen molar-refractivity contribution in [1.82, 2.24) is 0 Å². The van der Waals surface area contributed by atoms with E-state index >= 15 is 0 Å². The zero-order valence-corrected chi connectivity index (χ0v) is 9.87. The van der Waals surface area contributed by atoms with Gasteiger partial charge in [-0.05, 0) is 54.8 Å². The molecule has 0 spiro atoms. The van der Waals surface area contributed by atoms with Gasteiger partial charge in [-0.3, -0.25) is 0 Å². The minimum Gasteiger partial charge on any atom is -0.393 e. The Morgan fingerprint density at radius 2 is 2.00 bits per heavy atom. The van der Waals surface area contributed by atoms with E-state index in [1.807, 2.05) is 0 Å². The first-order valence-electron chi connectivity index (χ1n) is 6.39. The Labute approximate surface area is 92.6 Å². The maximum atomic E-state index is 10.2. The van der Waals surface area contributed by atoms with E-state index in [1.54, 1.807) is 0 Å². The molecule has 84 valence electrons. The van der Waals surface area contributed by atoms with Gasteiger partial charge >= 0.3 is 0 Å². The molecule has 0 unspecified atom stereocenters. The molecule has 3 fully saturated rings. The van der Waals surface area contributed by atoms with Gasteiger partial charge in [0.05, 0.1) is 6.10 Å². The second kappa shape index (κ2) is 2.88. The summed E-state index contributed by atoms with van der Waals surface area (Å²) >= 11 is 0. The number of hydrogen-bond donors (Lipinski definition) is 1. The van der Waals surface area contributed by atoms with Crippen LogP contribution in [0.25, 0.3) is 0 Å². The van der Waals surface area contributed by atoms with E-state index in [2.05, 4.69) is 20.4 Å². The van der Waals surface area contributed by atoms with Crippen LogP contribution < -0.4 is 0 Å². The fraction of sp³-hybridized carbons (Fsp3) is 0.857. The Hall–Kier alpha value is -0.300. The zero-order valence-electron chi connectivity index (χ0n) is 9.87. The van der Waals surface area contributed by atoms with Gasteiger partial charge < -0.3 is 5.11 Å². The molecule has 3 aliphatic carbocycles. The first-order chi connectivity index (χ1) is 7.03. The number of aliphatic hydroxyl groups excluding tert-OH is 1. The highest BCUT2D eigenvalue weighted by atomic mass is 16.3. The normalized spacial score (nSPS) is 51.9. The highest BCUT2D eigenvalue weighted by molar-refractivity contribution is 5.20. The molecule has 0 heterocycles. The molecule has 1 N–H and O–H groups in total. The largest absolute Gasteiger partial charge is 0.393 e. The number of allylic oxidation sites excluding steroid dienone is 1. The minimum atomic E-state index is -0.0425. The van der Waals surface area contributed by atoms with Crippen LogP contribution in [0.4, 0.5) is 0 Å². The van der Waals surface area contributed by atoms with Crippen LogP contribution in [0.1, 0.15) is 39.5 Å². The molecule has 0 amide bonds. The lowest BCUT2D eigenvalue weighted by atomic mass is 9.82. The third-order valence-corrected chi connectivity index (χ3v) is 5.54. The first-order valence-corrected chi connectivity index (χ1v) is 6.39. The van der Waals surface area contributed by atoms with Crippen LogP contribution in [0, 0.1) is 29.1 Å². The lowest BCUT2D eigenvalue weighted by molar-refractivity contribution is 0.101. The molecule has 0 bridgehead atoms. The van der Waals surface area contributed by atoms with Crippen molar-refractivity contribution in [2.24, 2.45) is 29.1 Å². The molecule has 1 heteroatoms. The summed E-state index contributed by atoms with van der Waals surface area (Å²) in [6.45, 7) is 9.02. The van der Waals surface area contributed by atoms with Gasteiger partial charge in [0.25, 0.3) is 0 Å². The molecule has 5 atom stereocenters. The fourth-order valence-electron chi connectivity index (χ4n) is 4.60. The fourth-order valence-corrected chi connectivity index (χ4v) is 4.60. The van der Waals surface area contributed by atoms with Crippen molar-refractivity contribution in [3.63, 3.8) is 0 Å². The van der Waals surface area contributed by atoms with Crippen LogP contribution in [0.3, 0.4) is 0 Å². The average Bonchev–Trinajstić information content (AvgIpc) is 2.55. The molecule has 3 rings (SSSR count). The van der Waals surface area contributed by atoms with Crippen molar-refractivity contribution in [3.8, 4) is 0 Å². The quantitative estimate of drug-likeness (QED) is 0.604. The van der Waals surface area contributed by atoms with Crippen molar-refractivity contribution < 1.29 is 5.11 Å². The van der Waals surface area contributed by atoms with E-state index in [0.717, 1.165) is 18.3 Å². The maximum absolute atomic E-state index is 10.2. The average molecular weight is 206 g/mol. The molecular formula is C14H22O. The van der Waals surface area contributed by atoms with Crippen LogP contribution in [0.2, 0.25) is 0 Å². The summed E-state index contributed by atoms with van der Waals surface area (Å²) in [5, 5.41) is 10.2. The van der Waals surface area contributed by atoms with Crippen molar-refractivity contribution in [3.05, 3.63) is 12.2 Å². The third kappa shape index (κ3) is 1.19. The molecule has 0 aromatic heterocycles. The number of rotatable bonds is 0. The predicted octanol–water partition coefficient (Wildman–Crippen LogP) is 3.00. The molecule has 0 radical (unpaired) electrons. The summed E-state index contributed by atoms with van der Waals surface area (Å²) in [6.07, 6.45) is 4.67. The predicted molar refractivity (Wildman–Crippen MR) is 61.4 cm³/mol. The van der Waals surface area contributed by atoms with Crippen molar-refractivity contribution >= 4 is 0 Å². The van der Waals surface area contributed by atoms with Crippen molar-refractivity contribution in [2.45, 2.75) is 45.6 Å². The summed E-state index contributed by atoms with van der Waals surface area (Å²) in [4.78, 5) is 0. The van der Waals surface area contributed by atoms with Crippen LogP contribution in [-0.2, 0) is 0 Å². The highest BCUT2D eigenvalue weighted by Crippen LogP contribution is 2.69. The van der Waals surface area contributed by atoms with Gasteiger partial charge in [-0.1, -0.05) is 26.0 Å². The second-order valence-corrected chi connectivity index (χ2v) is 6.48. The Balaban J connectivity index is 1.93. The molecule has 0 saturated heterocycles. The lowest BCUT2D eigenvalue weighted by Gasteiger charge is -2.24. The molecule has 3 saturated carbocycles. The Bertz CT molecular complexity index is 304. The molecule has 1 nitrogen and oxygen atoms in total. The number of hydrogen-bond acceptors (Lipinski definition) is 1. The van der Waals surface area contributed by atoms with E-state index in [0.29, 0.717) is 17.3 Å². The van der Waals surface area contributed by atoms with Crippen LogP contribution in [-0.4, -0.2) is 11.2 Å².